The Morgan fingerprint density at radius 1 is 1.18 bits per heavy atom. The van der Waals surface area contributed by atoms with Crippen LogP contribution >= 0.6 is 11.6 Å². The van der Waals surface area contributed by atoms with Crippen molar-refractivity contribution in [3.8, 4) is 0 Å². The molecule has 0 aliphatic heterocycles. The van der Waals surface area contributed by atoms with E-state index in [1.807, 2.05) is 30.3 Å². The van der Waals surface area contributed by atoms with Crippen LogP contribution in [0.2, 0.25) is 5.02 Å². The third kappa shape index (κ3) is 4.26. The van der Waals surface area contributed by atoms with Gasteiger partial charge in [-0.3, -0.25) is 4.79 Å². The third-order valence-corrected chi connectivity index (χ3v) is 3.38. The third-order valence-electron chi connectivity index (χ3n) is 3.07. The molecule has 0 saturated carbocycles. The Morgan fingerprint density at radius 2 is 1.82 bits per heavy atom. The summed E-state index contributed by atoms with van der Waals surface area (Å²) in [7, 11) is 0. The molecule has 116 valence electrons. The summed E-state index contributed by atoms with van der Waals surface area (Å²) in [6.07, 6.45) is -0.428. The molecule has 0 bridgehead atoms. The maximum absolute atomic E-state index is 13.1. The van der Waals surface area contributed by atoms with Crippen LogP contribution in [0.25, 0.3) is 0 Å². The van der Waals surface area contributed by atoms with Gasteiger partial charge in [-0.25, -0.2) is 8.78 Å². The molecule has 0 aliphatic carbocycles. The molecule has 2 rings (SSSR count). The molecule has 1 unspecified atom stereocenters. The fourth-order valence-electron chi connectivity index (χ4n) is 1.96. The van der Waals surface area contributed by atoms with Gasteiger partial charge in [0.25, 0.3) is 5.91 Å². The highest BCUT2D eigenvalue weighted by molar-refractivity contribution is 6.33. The van der Waals surface area contributed by atoms with Crippen LogP contribution in [0.5, 0.6) is 0 Å². The number of rotatable bonds is 5. The first-order valence-electron chi connectivity index (χ1n) is 6.62. The van der Waals surface area contributed by atoms with E-state index in [-0.39, 0.29) is 17.1 Å². The molecule has 0 radical (unpaired) electrons. The molecular formula is C16H14ClF2NO2. The summed E-state index contributed by atoms with van der Waals surface area (Å²) in [5.74, 6) is -2.94. The molecule has 1 amide bonds. The van der Waals surface area contributed by atoms with Crippen molar-refractivity contribution in [3.05, 3.63) is 70.2 Å². The lowest BCUT2D eigenvalue weighted by molar-refractivity contribution is 0.0915. The van der Waals surface area contributed by atoms with Gasteiger partial charge in [0.05, 0.1) is 16.7 Å². The number of halogens is 3. The minimum atomic E-state index is -1.15. The highest BCUT2D eigenvalue weighted by atomic mass is 35.5. The van der Waals surface area contributed by atoms with Gasteiger partial charge in [0, 0.05) is 13.0 Å². The number of hydrogen-bond acceptors (Lipinski definition) is 2. The van der Waals surface area contributed by atoms with Gasteiger partial charge >= 0.3 is 0 Å². The summed E-state index contributed by atoms with van der Waals surface area (Å²) in [4.78, 5) is 11.9. The van der Waals surface area contributed by atoms with Gasteiger partial charge in [0.15, 0.2) is 11.6 Å². The van der Waals surface area contributed by atoms with E-state index in [9.17, 15) is 18.7 Å². The summed E-state index contributed by atoms with van der Waals surface area (Å²) in [5.41, 5.74) is 0.752. The number of aliphatic hydroxyl groups excluding tert-OH is 1. The van der Waals surface area contributed by atoms with Crippen LogP contribution in [-0.4, -0.2) is 23.7 Å². The largest absolute Gasteiger partial charge is 0.391 e. The van der Waals surface area contributed by atoms with Crippen LogP contribution in [0.1, 0.15) is 15.9 Å². The summed E-state index contributed by atoms with van der Waals surface area (Å²) in [6, 6.07) is 10.8. The van der Waals surface area contributed by atoms with Crippen LogP contribution in [0.3, 0.4) is 0 Å². The first-order chi connectivity index (χ1) is 10.5. The number of carbonyl (C=O) groups excluding carboxylic acids is 1. The van der Waals surface area contributed by atoms with E-state index in [1.165, 1.54) is 0 Å². The van der Waals surface area contributed by atoms with Crippen molar-refractivity contribution in [2.75, 3.05) is 6.54 Å². The van der Waals surface area contributed by atoms with Gasteiger partial charge < -0.3 is 10.4 Å². The van der Waals surface area contributed by atoms with Crippen molar-refractivity contribution in [1.29, 1.82) is 0 Å². The summed E-state index contributed by atoms with van der Waals surface area (Å²) < 4.78 is 26.1. The number of nitrogens with one attached hydrogen (secondary N) is 1. The van der Waals surface area contributed by atoms with E-state index < -0.39 is 23.6 Å². The average Bonchev–Trinajstić information content (AvgIpc) is 2.49. The standard InChI is InChI=1S/C16H14ClF2NO2/c17-13-8-15(19)14(18)7-12(13)16(22)20-9-11(21)6-10-4-2-1-3-5-10/h1-5,7-8,11,21H,6,9H2,(H,20,22). The predicted octanol–water partition coefficient (Wildman–Crippen LogP) is 2.95. The molecule has 0 saturated heterocycles. The molecule has 6 heteroatoms. The maximum atomic E-state index is 13.1. The molecule has 1 atom stereocenters. The van der Waals surface area contributed by atoms with E-state index in [1.54, 1.807) is 0 Å². The Morgan fingerprint density at radius 3 is 2.50 bits per heavy atom. The van der Waals surface area contributed by atoms with Crippen molar-refractivity contribution >= 4 is 17.5 Å². The van der Waals surface area contributed by atoms with Gasteiger partial charge in [0.2, 0.25) is 0 Å². The topological polar surface area (TPSA) is 49.3 Å². The molecule has 0 heterocycles. The lowest BCUT2D eigenvalue weighted by Gasteiger charge is -2.12. The van der Waals surface area contributed by atoms with Crippen LogP contribution in [0.15, 0.2) is 42.5 Å². The molecule has 3 nitrogen and oxygen atoms in total. The Kier molecular flexibility index (Phi) is 5.46. The normalized spacial score (nSPS) is 12.0. The van der Waals surface area contributed by atoms with Gasteiger partial charge in [0.1, 0.15) is 0 Å². The molecule has 0 spiro atoms. The van der Waals surface area contributed by atoms with Gasteiger partial charge in [-0.1, -0.05) is 41.9 Å². The van der Waals surface area contributed by atoms with Crippen molar-refractivity contribution < 1.29 is 18.7 Å². The minimum Gasteiger partial charge on any atom is -0.391 e. The highest BCUT2D eigenvalue weighted by Gasteiger charge is 2.16. The molecule has 0 fully saturated rings. The second kappa shape index (κ2) is 7.33. The average molecular weight is 326 g/mol. The first kappa shape index (κ1) is 16.4. The summed E-state index contributed by atoms with van der Waals surface area (Å²) in [5, 5.41) is 12.1. The number of benzene rings is 2. The van der Waals surface area contributed by atoms with Gasteiger partial charge in [-0.2, -0.15) is 0 Å². The number of aliphatic hydroxyl groups is 1. The lowest BCUT2D eigenvalue weighted by atomic mass is 10.1. The van der Waals surface area contributed by atoms with Crippen LogP contribution < -0.4 is 5.32 Å². The molecule has 2 aromatic carbocycles. The van der Waals surface area contributed by atoms with Crippen LogP contribution in [0, 0.1) is 11.6 Å². The summed E-state index contributed by atoms with van der Waals surface area (Å²) in [6.45, 7) is -0.0248. The number of amides is 1. The zero-order valence-electron chi connectivity index (χ0n) is 11.5. The Labute approximate surface area is 131 Å². The molecule has 2 N–H and O–H groups in total. The van der Waals surface area contributed by atoms with E-state index >= 15 is 0 Å². The van der Waals surface area contributed by atoms with Crippen molar-refractivity contribution in [3.63, 3.8) is 0 Å². The second-order valence-corrected chi connectivity index (χ2v) is 5.21. The molecule has 22 heavy (non-hydrogen) atoms. The maximum Gasteiger partial charge on any atom is 0.252 e. The molecule has 0 aromatic heterocycles. The van der Waals surface area contributed by atoms with Crippen molar-refractivity contribution in [1.82, 2.24) is 5.32 Å². The van der Waals surface area contributed by atoms with Gasteiger partial charge in [-0.15, -0.1) is 0 Å². The quantitative estimate of drug-likeness (QED) is 0.830. The fourth-order valence-corrected chi connectivity index (χ4v) is 2.20. The van der Waals surface area contributed by atoms with E-state index in [0.29, 0.717) is 6.42 Å². The Hall–Kier alpha value is -1.98. The Bertz CT molecular complexity index is 665. The van der Waals surface area contributed by atoms with Crippen molar-refractivity contribution in [2.45, 2.75) is 12.5 Å². The monoisotopic (exact) mass is 325 g/mol. The SMILES string of the molecule is O=C(NCC(O)Cc1ccccc1)c1cc(F)c(F)cc1Cl. The van der Waals surface area contributed by atoms with E-state index in [0.717, 1.165) is 17.7 Å². The zero-order valence-corrected chi connectivity index (χ0v) is 12.3. The minimum absolute atomic E-state index is 0.0248. The van der Waals surface area contributed by atoms with Crippen molar-refractivity contribution in [2.24, 2.45) is 0 Å². The second-order valence-electron chi connectivity index (χ2n) is 4.80. The van der Waals surface area contributed by atoms with E-state index in [2.05, 4.69) is 5.32 Å². The zero-order chi connectivity index (χ0) is 16.1. The highest BCUT2D eigenvalue weighted by Crippen LogP contribution is 2.19. The predicted molar refractivity (Wildman–Crippen MR) is 79.9 cm³/mol. The first-order valence-corrected chi connectivity index (χ1v) is 7.00. The molecule has 0 aliphatic rings. The number of hydrogen-bond donors (Lipinski definition) is 2. The fraction of sp³-hybridized carbons (Fsp3) is 0.188. The smallest absolute Gasteiger partial charge is 0.252 e. The number of carbonyl (C=O) groups is 1. The molecular weight excluding hydrogens is 312 g/mol. The lowest BCUT2D eigenvalue weighted by Crippen LogP contribution is -2.33. The summed E-state index contributed by atoms with van der Waals surface area (Å²) >= 11 is 5.71. The Balaban J connectivity index is 1.94. The molecule has 2 aromatic rings. The van der Waals surface area contributed by atoms with Gasteiger partial charge in [-0.05, 0) is 17.7 Å². The van der Waals surface area contributed by atoms with Crippen LogP contribution in [-0.2, 0) is 6.42 Å². The van der Waals surface area contributed by atoms with E-state index in [4.69, 9.17) is 11.6 Å². The van der Waals surface area contributed by atoms with Crippen LogP contribution in [0.4, 0.5) is 8.78 Å².